The molecule has 2 N–H and O–H groups in total. The molecule has 1 aliphatic carbocycles. The first kappa shape index (κ1) is 36.4. The number of H-pyrrole nitrogens is 1. The minimum atomic E-state index is -4.44. The van der Waals surface area contributed by atoms with Crippen LogP contribution in [-0.2, 0) is 22.7 Å². The summed E-state index contributed by atoms with van der Waals surface area (Å²) in [5.41, 5.74) is 0.944. The number of carbonyl (C=O) groups excluding carboxylic acids is 1. The summed E-state index contributed by atoms with van der Waals surface area (Å²) in [7, 11) is -3.70. The summed E-state index contributed by atoms with van der Waals surface area (Å²) in [6, 6.07) is 13.0. The lowest BCUT2D eigenvalue weighted by Gasteiger charge is -2.37. The predicted octanol–water partition coefficient (Wildman–Crippen LogP) is 8.66. The first-order valence-electron chi connectivity index (χ1n) is 16.3. The highest BCUT2D eigenvalue weighted by Crippen LogP contribution is 2.36. The van der Waals surface area contributed by atoms with Crippen molar-refractivity contribution in [2.45, 2.75) is 69.3 Å². The van der Waals surface area contributed by atoms with Gasteiger partial charge in [0, 0.05) is 35.8 Å². The zero-order valence-electron chi connectivity index (χ0n) is 26.8. The molecule has 0 radical (unpaired) electrons. The molecule has 2 aromatic heterocycles. The van der Waals surface area contributed by atoms with Crippen LogP contribution in [0.25, 0.3) is 10.6 Å². The lowest BCUT2D eigenvalue weighted by molar-refractivity contribution is -0.137. The lowest BCUT2D eigenvalue weighted by atomic mass is 10.0. The average molecular weight is 765 g/mol. The van der Waals surface area contributed by atoms with Crippen LogP contribution in [0.15, 0.2) is 54.6 Å². The molecule has 8 nitrogen and oxygen atoms in total. The molecule has 2 fully saturated rings. The summed E-state index contributed by atoms with van der Waals surface area (Å²) in [6.07, 6.45) is 2.16. The van der Waals surface area contributed by atoms with Crippen molar-refractivity contribution in [1.82, 2.24) is 19.9 Å². The molecule has 3 heterocycles. The number of nitrogens with zero attached hydrogens (tertiary/aromatic N) is 3. The van der Waals surface area contributed by atoms with Gasteiger partial charge >= 0.3 is 6.18 Å². The van der Waals surface area contributed by atoms with Crippen LogP contribution in [0.2, 0.25) is 10.0 Å². The third-order valence-electron chi connectivity index (χ3n) is 8.85. The Labute approximate surface area is 303 Å². The first-order chi connectivity index (χ1) is 23.9. The number of sulfonamides is 1. The van der Waals surface area contributed by atoms with Gasteiger partial charge in [-0.25, -0.2) is 23.2 Å². The molecule has 264 valence electrons. The largest absolute Gasteiger partial charge is 0.416 e. The van der Waals surface area contributed by atoms with Crippen LogP contribution >= 0.6 is 34.5 Å². The van der Waals surface area contributed by atoms with E-state index in [0.717, 1.165) is 50.7 Å². The van der Waals surface area contributed by atoms with Crippen LogP contribution in [0, 0.1) is 11.8 Å². The molecule has 0 unspecified atom stereocenters. The maximum Gasteiger partial charge on any atom is 0.416 e. The fraction of sp³-hybridized carbons (Fsp3) is 0.371. The van der Waals surface area contributed by atoms with Gasteiger partial charge in [0.25, 0.3) is 5.91 Å². The summed E-state index contributed by atoms with van der Waals surface area (Å²) in [6.45, 7) is 1.04. The molecule has 0 bridgehead atoms. The van der Waals surface area contributed by atoms with Crippen LogP contribution in [0.3, 0.4) is 0 Å². The van der Waals surface area contributed by atoms with Crippen LogP contribution in [-0.4, -0.2) is 47.9 Å². The number of amides is 1. The highest BCUT2D eigenvalue weighted by molar-refractivity contribution is 7.90. The molecule has 1 saturated heterocycles. The van der Waals surface area contributed by atoms with E-state index in [1.165, 1.54) is 28.5 Å². The number of thiophene rings is 1. The van der Waals surface area contributed by atoms with Crippen molar-refractivity contribution < 1.29 is 26.4 Å². The molecule has 1 amide bonds. The SMILES string of the molecule is O=C(c1n[nH]c(-c2ccc(C#Cc3ccc(C(F)(F)F)cc3)s2)c1CNS(=O)(=O)C1CCCCC1)N(c1ccc(Cl)cc1Cl)N1CCCCC1. The quantitative estimate of drug-likeness (QED) is 0.175. The van der Waals surface area contributed by atoms with E-state index in [0.29, 0.717) is 63.2 Å². The third kappa shape index (κ3) is 8.39. The van der Waals surface area contributed by atoms with Gasteiger partial charge in [-0.05, 0) is 80.3 Å². The Morgan fingerprint density at radius 1 is 0.980 bits per heavy atom. The average Bonchev–Trinajstić information content (AvgIpc) is 3.75. The predicted molar refractivity (Wildman–Crippen MR) is 191 cm³/mol. The lowest BCUT2D eigenvalue weighted by Crippen LogP contribution is -2.49. The number of aromatic nitrogens is 2. The fourth-order valence-corrected chi connectivity index (χ4v) is 9.13. The maximum atomic E-state index is 14.6. The second kappa shape index (κ2) is 15.5. The summed E-state index contributed by atoms with van der Waals surface area (Å²) in [5, 5.41) is 11.0. The summed E-state index contributed by atoms with van der Waals surface area (Å²) in [5.74, 6) is 5.39. The Morgan fingerprint density at radius 3 is 2.36 bits per heavy atom. The number of hydrazine groups is 1. The number of halogens is 5. The Kier molecular flexibility index (Phi) is 11.3. The van der Waals surface area contributed by atoms with Crippen molar-refractivity contribution in [2.24, 2.45) is 0 Å². The number of piperidine rings is 1. The molecule has 15 heteroatoms. The minimum Gasteiger partial charge on any atom is -0.276 e. The van der Waals surface area contributed by atoms with Crippen molar-refractivity contribution in [3.63, 3.8) is 0 Å². The van der Waals surface area contributed by atoms with E-state index >= 15 is 0 Å². The zero-order chi connectivity index (χ0) is 35.5. The minimum absolute atomic E-state index is 0.0359. The van der Waals surface area contributed by atoms with E-state index in [-0.39, 0.29) is 17.3 Å². The third-order valence-corrected chi connectivity index (χ3v) is 12.3. The molecule has 1 aliphatic heterocycles. The second-order valence-electron chi connectivity index (χ2n) is 12.3. The monoisotopic (exact) mass is 763 g/mol. The van der Waals surface area contributed by atoms with Crippen molar-refractivity contribution in [3.05, 3.63) is 91.9 Å². The number of hydrogen-bond acceptors (Lipinski definition) is 6. The van der Waals surface area contributed by atoms with Crippen LogP contribution < -0.4 is 9.73 Å². The Hall–Kier alpha value is -3.38. The molecule has 4 aromatic rings. The van der Waals surface area contributed by atoms with Gasteiger partial charge in [0.05, 0.1) is 37.0 Å². The number of nitrogens with one attached hydrogen (secondary N) is 2. The Bertz CT molecular complexity index is 2010. The van der Waals surface area contributed by atoms with Gasteiger partial charge in [-0.2, -0.15) is 18.3 Å². The Balaban J connectivity index is 1.35. The first-order valence-corrected chi connectivity index (χ1v) is 19.4. The van der Waals surface area contributed by atoms with Crippen molar-refractivity contribution in [3.8, 4) is 22.4 Å². The van der Waals surface area contributed by atoms with E-state index in [9.17, 15) is 26.4 Å². The van der Waals surface area contributed by atoms with Crippen LogP contribution in [0.4, 0.5) is 18.9 Å². The number of aromatic amines is 1. The van der Waals surface area contributed by atoms with Gasteiger partial charge in [-0.3, -0.25) is 9.89 Å². The van der Waals surface area contributed by atoms with Gasteiger partial charge < -0.3 is 0 Å². The number of hydrogen-bond donors (Lipinski definition) is 2. The van der Waals surface area contributed by atoms with E-state index in [2.05, 4.69) is 26.8 Å². The molecule has 2 aromatic carbocycles. The molecule has 2 aliphatic rings. The second-order valence-corrected chi connectivity index (χ2v) is 16.2. The molecule has 1 saturated carbocycles. The number of anilines is 1. The number of carbonyl (C=O) groups is 1. The maximum absolute atomic E-state index is 14.6. The van der Waals surface area contributed by atoms with Gasteiger partial charge in [-0.1, -0.05) is 60.7 Å². The van der Waals surface area contributed by atoms with Crippen molar-refractivity contribution in [1.29, 1.82) is 0 Å². The van der Waals surface area contributed by atoms with Crippen molar-refractivity contribution in [2.75, 3.05) is 18.1 Å². The summed E-state index contributed by atoms with van der Waals surface area (Å²) in [4.78, 5) is 15.8. The van der Waals surface area contributed by atoms with E-state index in [1.54, 1.807) is 30.3 Å². The van der Waals surface area contributed by atoms with E-state index < -0.39 is 32.9 Å². The standard InChI is InChI=1S/C35H34Cl2F3N5O3S2/c36-25-14-17-30(29(37)21-25)45(44-19-5-2-6-20-44)34(46)33-28(22-41-50(47,48)27-7-3-1-4-8-27)32(42-43-33)31-18-16-26(49-31)15-11-23-9-12-24(13-10-23)35(38,39)40/h9-10,12-14,16-18,21,27,41H,1-8,19-20,22H2,(H,42,43). The molecular weight excluding hydrogens is 730 g/mol. The van der Waals surface area contributed by atoms with Crippen molar-refractivity contribution >= 4 is 56.2 Å². The van der Waals surface area contributed by atoms with Gasteiger partial charge in [0.1, 0.15) is 0 Å². The van der Waals surface area contributed by atoms with E-state index in [4.69, 9.17) is 23.2 Å². The fourth-order valence-electron chi connectivity index (χ4n) is 6.22. The molecule has 6 rings (SSSR count). The number of rotatable bonds is 8. The van der Waals surface area contributed by atoms with Crippen LogP contribution in [0.5, 0.6) is 0 Å². The van der Waals surface area contributed by atoms with Gasteiger partial charge in [-0.15, -0.1) is 11.3 Å². The molecule has 0 atom stereocenters. The number of alkyl halides is 3. The topological polar surface area (TPSA) is 98.4 Å². The zero-order valence-corrected chi connectivity index (χ0v) is 30.0. The Morgan fingerprint density at radius 2 is 1.68 bits per heavy atom. The molecule has 50 heavy (non-hydrogen) atoms. The molecular formula is C35H34Cl2F3N5O3S2. The number of benzene rings is 2. The normalized spacial score (nSPS) is 16.2. The summed E-state index contributed by atoms with van der Waals surface area (Å²) >= 11 is 14.1. The smallest absolute Gasteiger partial charge is 0.276 e. The van der Waals surface area contributed by atoms with Gasteiger partial charge in [0.15, 0.2) is 5.69 Å². The highest BCUT2D eigenvalue weighted by atomic mass is 35.5. The highest BCUT2D eigenvalue weighted by Gasteiger charge is 2.34. The van der Waals surface area contributed by atoms with Gasteiger partial charge in [0.2, 0.25) is 10.0 Å². The summed E-state index contributed by atoms with van der Waals surface area (Å²) < 4.78 is 68.6. The molecule has 0 spiro atoms. The van der Waals surface area contributed by atoms with Crippen LogP contribution in [0.1, 0.15) is 83.4 Å². The van der Waals surface area contributed by atoms with E-state index in [1.807, 2.05) is 5.01 Å².